The van der Waals surface area contributed by atoms with Crippen LogP contribution in [0.3, 0.4) is 0 Å². The Bertz CT molecular complexity index is 649. The summed E-state index contributed by atoms with van der Waals surface area (Å²) in [6, 6.07) is 9.51. The van der Waals surface area contributed by atoms with E-state index in [0.29, 0.717) is 6.54 Å². The summed E-state index contributed by atoms with van der Waals surface area (Å²) in [5.74, 6) is 1.61. The fourth-order valence-corrected chi connectivity index (χ4v) is 6.29. The second-order valence-corrected chi connectivity index (χ2v) is 8.86. The number of rotatable bonds is 4. The molecular weight excluding hydrogens is 324 g/mol. The quantitative estimate of drug-likeness (QED) is 0.837. The SMILES string of the molecule is CCN(C(=O)C(=O)NC(C)C12CC3CC(CC(C3)C1)C2)c1ccccc1. The molecule has 0 radical (unpaired) electrons. The van der Waals surface area contributed by atoms with Crippen molar-refractivity contribution in [1.82, 2.24) is 5.32 Å². The number of anilines is 1. The number of hydrogen-bond acceptors (Lipinski definition) is 2. The Kier molecular flexibility index (Phi) is 4.54. The zero-order chi connectivity index (χ0) is 18.3. The van der Waals surface area contributed by atoms with Gasteiger partial charge in [0.2, 0.25) is 0 Å². The van der Waals surface area contributed by atoms with Gasteiger partial charge in [-0.15, -0.1) is 0 Å². The van der Waals surface area contributed by atoms with Crippen LogP contribution in [0.25, 0.3) is 0 Å². The lowest BCUT2D eigenvalue weighted by Gasteiger charge is -2.59. The summed E-state index contributed by atoms with van der Waals surface area (Å²) in [6.45, 7) is 4.51. The molecule has 1 unspecified atom stereocenters. The standard InChI is InChI=1S/C22H30N2O2/c1-3-24(19-7-5-4-6-8-19)21(26)20(25)23-15(2)22-12-16-9-17(13-22)11-18(10-16)14-22/h4-8,15-18H,3,9-14H2,1-2H3,(H,23,25). The van der Waals surface area contributed by atoms with Crippen molar-refractivity contribution in [2.75, 3.05) is 11.4 Å². The molecule has 0 spiro atoms. The number of nitrogens with zero attached hydrogens (tertiary/aromatic N) is 1. The van der Waals surface area contributed by atoms with Gasteiger partial charge in [0.05, 0.1) is 0 Å². The second kappa shape index (κ2) is 6.71. The summed E-state index contributed by atoms with van der Waals surface area (Å²) in [6.07, 6.45) is 7.84. The van der Waals surface area contributed by atoms with E-state index in [1.54, 1.807) is 4.90 Å². The minimum absolute atomic E-state index is 0.0711. The Hall–Kier alpha value is -1.84. The Morgan fingerprint density at radius 1 is 1.08 bits per heavy atom. The number of carbonyl (C=O) groups excluding carboxylic acids is 2. The molecule has 4 nitrogen and oxygen atoms in total. The summed E-state index contributed by atoms with van der Waals surface area (Å²) in [5, 5.41) is 3.09. The van der Waals surface area contributed by atoms with E-state index in [9.17, 15) is 9.59 Å². The minimum atomic E-state index is -0.459. The molecule has 4 fully saturated rings. The van der Waals surface area contributed by atoms with E-state index in [-0.39, 0.29) is 11.5 Å². The average molecular weight is 354 g/mol. The van der Waals surface area contributed by atoms with Crippen molar-refractivity contribution in [2.45, 2.75) is 58.4 Å². The van der Waals surface area contributed by atoms with Crippen LogP contribution in [0.2, 0.25) is 0 Å². The van der Waals surface area contributed by atoms with Crippen LogP contribution < -0.4 is 10.2 Å². The zero-order valence-electron chi connectivity index (χ0n) is 15.9. The molecule has 5 rings (SSSR count). The van der Waals surface area contributed by atoms with Crippen LogP contribution >= 0.6 is 0 Å². The predicted molar refractivity (Wildman–Crippen MR) is 103 cm³/mol. The highest BCUT2D eigenvalue weighted by molar-refractivity contribution is 6.40. The van der Waals surface area contributed by atoms with Crippen molar-refractivity contribution in [3.63, 3.8) is 0 Å². The van der Waals surface area contributed by atoms with E-state index in [1.165, 1.54) is 38.5 Å². The molecule has 0 heterocycles. The van der Waals surface area contributed by atoms with Gasteiger partial charge in [0, 0.05) is 18.3 Å². The molecule has 4 aliphatic rings. The molecule has 4 aliphatic carbocycles. The molecule has 1 aromatic carbocycles. The van der Waals surface area contributed by atoms with E-state index in [0.717, 1.165) is 23.4 Å². The van der Waals surface area contributed by atoms with Crippen LogP contribution in [0.15, 0.2) is 30.3 Å². The maximum absolute atomic E-state index is 12.8. The van der Waals surface area contributed by atoms with Gasteiger partial charge in [-0.2, -0.15) is 0 Å². The molecule has 140 valence electrons. The molecule has 2 amide bonds. The van der Waals surface area contributed by atoms with Gasteiger partial charge in [0.25, 0.3) is 0 Å². The van der Waals surface area contributed by atoms with Gasteiger partial charge in [-0.25, -0.2) is 0 Å². The molecule has 0 saturated heterocycles. The molecule has 0 aliphatic heterocycles. The molecule has 1 N–H and O–H groups in total. The number of nitrogens with one attached hydrogen (secondary N) is 1. The first-order chi connectivity index (χ1) is 12.5. The molecule has 4 heteroatoms. The smallest absolute Gasteiger partial charge is 0.316 e. The van der Waals surface area contributed by atoms with Crippen molar-refractivity contribution in [3.8, 4) is 0 Å². The highest BCUT2D eigenvalue weighted by atomic mass is 16.2. The van der Waals surface area contributed by atoms with Crippen LogP contribution in [-0.2, 0) is 9.59 Å². The number of benzene rings is 1. The Balaban J connectivity index is 1.45. The van der Waals surface area contributed by atoms with Gasteiger partial charge < -0.3 is 10.2 Å². The third-order valence-electron chi connectivity index (χ3n) is 7.18. The normalized spacial score (nSPS) is 32.9. The van der Waals surface area contributed by atoms with Crippen LogP contribution in [0.5, 0.6) is 0 Å². The fourth-order valence-electron chi connectivity index (χ4n) is 6.29. The first-order valence-corrected chi connectivity index (χ1v) is 10.2. The summed E-state index contributed by atoms with van der Waals surface area (Å²) in [7, 11) is 0. The topological polar surface area (TPSA) is 49.4 Å². The lowest BCUT2D eigenvalue weighted by molar-refractivity contribution is -0.140. The van der Waals surface area contributed by atoms with Crippen LogP contribution in [0, 0.1) is 23.2 Å². The second-order valence-electron chi connectivity index (χ2n) is 8.86. The van der Waals surface area contributed by atoms with E-state index in [2.05, 4.69) is 12.2 Å². The Morgan fingerprint density at radius 3 is 2.12 bits per heavy atom. The monoisotopic (exact) mass is 354 g/mol. The summed E-state index contributed by atoms with van der Waals surface area (Å²) < 4.78 is 0. The molecule has 0 aromatic heterocycles. The van der Waals surface area contributed by atoms with Crippen LogP contribution in [-0.4, -0.2) is 24.4 Å². The third-order valence-corrected chi connectivity index (χ3v) is 7.18. The van der Waals surface area contributed by atoms with Gasteiger partial charge in [-0.05, 0) is 87.7 Å². The number of para-hydroxylation sites is 1. The highest BCUT2D eigenvalue weighted by Gasteiger charge is 2.53. The maximum atomic E-state index is 12.8. The first-order valence-electron chi connectivity index (χ1n) is 10.2. The van der Waals surface area contributed by atoms with Crippen LogP contribution in [0.1, 0.15) is 52.4 Å². The van der Waals surface area contributed by atoms with E-state index in [1.807, 2.05) is 37.3 Å². The van der Waals surface area contributed by atoms with Crippen molar-refractivity contribution >= 4 is 17.5 Å². The molecule has 4 bridgehead atoms. The number of carbonyl (C=O) groups is 2. The number of likely N-dealkylation sites (N-methyl/N-ethyl adjacent to an activating group) is 1. The molecule has 26 heavy (non-hydrogen) atoms. The average Bonchev–Trinajstić information content (AvgIpc) is 2.62. The molecule has 4 saturated carbocycles. The lowest BCUT2D eigenvalue weighted by atomic mass is 9.48. The molecule has 1 atom stereocenters. The summed E-state index contributed by atoms with van der Waals surface area (Å²) in [5.41, 5.74) is 0.992. The Labute approximate surface area is 156 Å². The van der Waals surface area contributed by atoms with E-state index in [4.69, 9.17) is 0 Å². The lowest BCUT2D eigenvalue weighted by Crippen LogP contribution is -2.57. The fraction of sp³-hybridized carbons (Fsp3) is 0.636. The maximum Gasteiger partial charge on any atom is 0.316 e. The van der Waals surface area contributed by atoms with Crippen LogP contribution in [0.4, 0.5) is 5.69 Å². The number of amides is 2. The van der Waals surface area contributed by atoms with Crippen molar-refractivity contribution < 1.29 is 9.59 Å². The van der Waals surface area contributed by atoms with Crippen molar-refractivity contribution in [2.24, 2.45) is 23.2 Å². The molecule has 1 aromatic rings. The first kappa shape index (κ1) is 17.6. The van der Waals surface area contributed by atoms with Gasteiger partial charge in [-0.3, -0.25) is 9.59 Å². The minimum Gasteiger partial charge on any atom is -0.345 e. The zero-order valence-corrected chi connectivity index (χ0v) is 15.9. The number of hydrogen-bond donors (Lipinski definition) is 1. The van der Waals surface area contributed by atoms with Crippen molar-refractivity contribution in [1.29, 1.82) is 0 Å². The van der Waals surface area contributed by atoms with Gasteiger partial charge >= 0.3 is 11.8 Å². The predicted octanol–water partition coefficient (Wildman–Crippen LogP) is 3.76. The van der Waals surface area contributed by atoms with Crippen molar-refractivity contribution in [3.05, 3.63) is 30.3 Å². The molecular formula is C22H30N2O2. The van der Waals surface area contributed by atoms with Gasteiger partial charge in [-0.1, -0.05) is 18.2 Å². The van der Waals surface area contributed by atoms with E-state index < -0.39 is 11.8 Å². The van der Waals surface area contributed by atoms with Gasteiger partial charge in [0.15, 0.2) is 0 Å². The highest BCUT2D eigenvalue weighted by Crippen LogP contribution is 2.61. The largest absolute Gasteiger partial charge is 0.345 e. The van der Waals surface area contributed by atoms with E-state index >= 15 is 0 Å². The van der Waals surface area contributed by atoms with Gasteiger partial charge in [0.1, 0.15) is 0 Å². The third kappa shape index (κ3) is 3.04. The Morgan fingerprint density at radius 2 is 1.62 bits per heavy atom. The summed E-state index contributed by atoms with van der Waals surface area (Å²) in [4.78, 5) is 27.0. The summed E-state index contributed by atoms with van der Waals surface area (Å²) >= 11 is 0.